The van der Waals surface area contributed by atoms with Crippen LogP contribution in [-0.4, -0.2) is 28.8 Å². The molecule has 1 atom stereocenters. The van der Waals surface area contributed by atoms with Crippen LogP contribution in [0.5, 0.6) is 11.5 Å². The third kappa shape index (κ3) is 5.06. The number of Topliss-reactive ketones (excluding diaryl/α,β-unsaturated/α-hetero) is 1. The van der Waals surface area contributed by atoms with E-state index in [1.807, 2.05) is 66.9 Å². The molecule has 1 N–H and O–H groups in total. The van der Waals surface area contributed by atoms with Gasteiger partial charge in [0.15, 0.2) is 0 Å². The van der Waals surface area contributed by atoms with E-state index in [1.54, 1.807) is 37.4 Å². The van der Waals surface area contributed by atoms with E-state index in [1.165, 1.54) is 16.2 Å². The molecular weight excluding hydrogens is 498 g/mol. The van der Waals surface area contributed by atoms with E-state index in [0.717, 1.165) is 16.0 Å². The zero-order chi connectivity index (χ0) is 26.6. The standard InChI is InChI=1S/C31H27NO5S/c1-20-17-23(12-15-26(20)37-19-21-7-4-3-5-8-21)29(33)27-28(22-10-13-24(36-2)14-11-22)32(31(35)30(27)34)18-25-9-6-16-38-25/h3-17,28,33H,18-19H2,1-2H3/b29-27-. The molecule has 1 aliphatic rings. The number of hydrogen-bond donors (Lipinski definition) is 1. The zero-order valence-electron chi connectivity index (χ0n) is 21.1. The number of aryl methyl sites for hydroxylation is 1. The number of ether oxygens (including phenoxy) is 2. The number of rotatable bonds is 8. The lowest BCUT2D eigenvalue weighted by Crippen LogP contribution is -2.28. The largest absolute Gasteiger partial charge is 0.507 e. The van der Waals surface area contributed by atoms with E-state index < -0.39 is 17.7 Å². The summed E-state index contributed by atoms with van der Waals surface area (Å²) in [5.74, 6) is -0.223. The molecule has 4 aromatic rings. The first-order valence-corrected chi connectivity index (χ1v) is 13.1. The van der Waals surface area contributed by atoms with Crippen LogP contribution in [0.1, 0.15) is 33.2 Å². The lowest BCUT2D eigenvalue weighted by molar-refractivity contribution is -0.140. The molecule has 1 saturated heterocycles. The molecule has 3 aromatic carbocycles. The zero-order valence-corrected chi connectivity index (χ0v) is 21.9. The molecule has 7 heteroatoms. The van der Waals surface area contributed by atoms with Gasteiger partial charge in [-0.05, 0) is 65.4 Å². The van der Waals surface area contributed by atoms with Crippen LogP contribution in [0.25, 0.3) is 5.76 Å². The third-order valence-electron chi connectivity index (χ3n) is 6.56. The normalized spacial score (nSPS) is 16.6. The highest BCUT2D eigenvalue weighted by atomic mass is 32.1. The molecule has 192 valence electrons. The van der Waals surface area contributed by atoms with Gasteiger partial charge in [-0.1, -0.05) is 48.5 Å². The summed E-state index contributed by atoms with van der Waals surface area (Å²) in [5, 5.41) is 13.4. The molecule has 1 aliphatic heterocycles. The van der Waals surface area contributed by atoms with Crippen LogP contribution in [-0.2, 0) is 22.7 Å². The number of ketones is 1. The van der Waals surface area contributed by atoms with Crippen molar-refractivity contribution in [1.29, 1.82) is 0 Å². The number of carbonyl (C=O) groups excluding carboxylic acids is 2. The van der Waals surface area contributed by atoms with Crippen molar-refractivity contribution < 1.29 is 24.2 Å². The van der Waals surface area contributed by atoms with Gasteiger partial charge in [0.05, 0.1) is 25.3 Å². The highest BCUT2D eigenvalue weighted by molar-refractivity contribution is 7.09. The summed E-state index contributed by atoms with van der Waals surface area (Å²) in [7, 11) is 1.58. The summed E-state index contributed by atoms with van der Waals surface area (Å²) >= 11 is 1.51. The first-order valence-electron chi connectivity index (χ1n) is 12.2. The van der Waals surface area contributed by atoms with Crippen LogP contribution in [0.4, 0.5) is 0 Å². The van der Waals surface area contributed by atoms with Gasteiger partial charge in [-0.25, -0.2) is 0 Å². The van der Waals surface area contributed by atoms with Gasteiger partial charge in [0, 0.05) is 10.4 Å². The van der Waals surface area contributed by atoms with Crippen molar-refractivity contribution in [3.63, 3.8) is 0 Å². The summed E-state index contributed by atoms with van der Waals surface area (Å²) in [6.07, 6.45) is 0. The average molecular weight is 526 g/mol. The van der Waals surface area contributed by atoms with Crippen molar-refractivity contribution in [2.75, 3.05) is 7.11 Å². The maximum atomic E-state index is 13.3. The van der Waals surface area contributed by atoms with Gasteiger partial charge >= 0.3 is 0 Å². The minimum atomic E-state index is -0.739. The summed E-state index contributed by atoms with van der Waals surface area (Å²) in [5.41, 5.74) is 3.07. The Kier molecular flexibility index (Phi) is 7.29. The maximum Gasteiger partial charge on any atom is 0.295 e. The van der Waals surface area contributed by atoms with E-state index in [2.05, 4.69) is 0 Å². The van der Waals surface area contributed by atoms with E-state index >= 15 is 0 Å². The Bertz CT molecular complexity index is 1480. The average Bonchev–Trinajstić information content (AvgIpc) is 3.55. The fourth-order valence-electron chi connectivity index (χ4n) is 4.60. The Balaban J connectivity index is 1.51. The van der Waals surface area contributed by atoms with E-state index in [-0.39, 0.29) is 17.9 Å². The number of aliphatic hydroxyl groups excluding tert-OH is 1. The van der Waals surface area contributed by atoms with Crippen LogP contribution in [0.3, 0.4) is 0 Å². The molecule has 1 unspecified atom stereocenters. The van der Waals surface area contributed by atoms with Gasteiger partial charge < -0.3 is 19.5 Å². The Morgan fingerprint density at radius 1 is 0.974 bits per heavy atom. The van der Waals surface area contributed by atoms with Crippen molar-refractivity contribution in [3.05, 3.63) is 123 Å². The van der Waals surface area contributed by atoms with Crippen LogP contribution in [0.2, 0.25) is 0 Å². The third-order valence-corrected chi connectivity index (χ3v) is 7.42. The molecule has 0 saturated carbocycles. The smallest absolute Gasteiger partial charge is 0.295 e. The van der Waals surface area contributed by atoms with Crippen molar-refractivity contribution in [1.82, 2.24) is 4.90 Å². The molecule has 0 aliphatic carbocycles. The molecule has 5 rings (SSSR count). The minimum absolute atomic E-state index is 0.0640. The highest BCUT2D eigenvalue weighted by Gasteiger charge is 2.46. The molecule has 0 bridgehead atoms. The van der Waals surface area contributed by atoms with Gasteiger partial charge in [0.1, 0.15) is 23.9 Å². The number of aliphatic hydroxyl groups is 1. The number of nitrogens with zero attached hydrogens (tertiary/aromatic N) is 1. The molecule has 0 radical (unpaired) electrons. The van der Waals surface area contributed by atoms with E-state index in [9.17, 15) is 14.7 Å². The molecule has 0 spiro atoms. The molecular formula is C31H27NO5S. The number of methoxy groups -OCH3 is 1. The molecule has 1 aromatic heterocycles. The Morgan fingerprint density at radius 3 is 2.39 bits per heavy atom. The first-order chi connectivity index (χ1) is 18.5. The Morgan fingerprint density at radius 2 is 1.74 bits per heavy atom. The fourth-order valence-corrected chi connectivity index (χ4v) is 5.30. The predicted molar refractivity (Wildman–Crippen MR) is 147 cm³/mol. The predicted octanol–water partition coefficient (Wildman–Crippen LogP) is 6.27. The van der Waals surface area contributed by atoms with Crippen molar-refractivity contribution in [2.45, 2.75) is 26.1 Å². The van der Waals surface area contributed by atoms with Gasteiger partial charge in [-0.15, -0.1) is 11.3 Å². The van der Waals surface area contributed by atoms with Gasteiger partial charge in [-0.3, -0.25) is 9.59 Å². The van der Waals surface area contributed by atoms with Crippen LogP contribution in [0, 0.1) is 6.92 Å². The first kappa shape index (κ1) is 25.3. The Hall–Kier alpha value is -4.36. The number of amides is 1. The van der Waals surface area contributed by atoms with E-state index in [4.69, 9.17) is 9.47 Å². The van der Waals surface area contributed by atoms with Gasteiger partial charge in [0.25, 0.3) is 11.7 Å². The van der Waals surface area contributed by atoms with Crippen molar-refractivity contribution in [3.8, 4) is 11.5 Å². The van der Waals surface area contributed by atoms with Crippen molar-refractivity contribution in [2.24, 2.45) is 0 Å². The van der Waals surface area contributed by atoms with Crippen LogP contribution < -0.4 is 9.47 Å². The fraction of sp³-hybridized carbons (Fsp3) is 0.161. The number of likely N-dealkylation sites (tertiary alicyclic amines) is 1. The minimum Gasteiger partial charge on any atom is -0.507 e. The summed E-state index contributed by atoms with van der Waals surface area (Å²) in [6, 6.07) is 25.4. The van der Waals surface area contributed by atoms with Crippen LogP contribution >= 0.6 is 11.3 Å². The highest BCUT2D eigenvalue weighted by Crippen LogP contribution is 2.41. The number of thiophene rings is 1. The summed E-state index contributed by atoms with van der Waals surface area (Å²) in [4.78, 5) is 29.0. The molecule has 38 heavy (non-hydrogen) atoms. The number of hydrogen-bond acceptors (Lipinski definition) is 6. The number of benzene rings is 3. The second-order valence-corrected chi connectivity index (χ2v) is 10.1. The molecule has 1 amide bonds. The monoisotopic (exact) mass is 525 g/mol. The quantitative estimate of drug-likeness (QED) is 0.167. The lowest BCUT2D eigenvalue weighted by Gasteiger charge is -2.25. The SMILES string of the molecule is COc1ccc(C2/C(=C(/O)c3ccc(OCc4ccccc4)c(C)c3)C(=O)C(=O)N2Cc2cccs2)cc1. The van der Waals surface area contributed by atoms with Gasteiger partial charge in [0.2, 0.25) is 0 Å². The Labute approximate surface area is 225 Å². The summed E-state index contributed by atoms with van der Waals surface area (Å²) in [6.45, 7) is 2.56. The summed E-state index contributed by atoms with van der Waals surface area (Å²) < 4.78 is 11.3. The van der Waals surface area contributed by atoms with Crippen LogP contribution in [0.15, 0.2) is 95.9 Å². The topological polar surface area (TPSA) is 76.1 Å². The molecule has 1 fully saturated rings. The second kappa shape index (κ2) is 10.9. The lowest BCUT2D eigenvalue weighted by atomic mass is 9.94. The van der Waals surface area contributed by atoms with Crippen molar-refractivity contribution >= 4 is 28.8 Å². The maximum absolute atomic E-state index is 13.3. The van der Waals surface area contributed by atoms with Gasteiger partial charge in [-0.2, -0.15) is 0 Å². The van der Waals surface area contributed by atoms with E-state index in [0.29, 0.717) is 29.2 Å². The molecule has 6 nitrogen and oxygen atoms in total. The second-order valence-electron chi connectivity index (χ2n) is 9.03. The number of carbonyl (C=O) groups is 2. The molecule has 2 heterocycles.